The third kappa shape index (κ3) is 5.91. The van der Waals surface area contributed by atoms with Crippen molar-refractivity contribution in [2.75, 3.05) is 26.0 Å². The van der Waals surface area contributed by atoms with Gasteiger partial charge in [0.25, 0.3) is 0 Å². The number of rotatable bonds is 7. The van der Waals surface area contributed by atoms with Gasteiger partial charge in [-0.25, -0.2) is 4.39 Å². The molecular formula is C19H21FN2O3. The molecule has 2 amide bonds. The summed E-state index contributed by atoms with van der Waals surface area (Å²) in [6.45, 7) is -0.0422. The van der Waals surface area contributed by atoms with E-state index >= 15 is 0 Å². The summed E-state index contributed by atoms with van der Waals surface area (Å²) in [5, 5.41) is 2.73. The number of nitrogens with one attached hydrogen (secondary N) is 1. The number of ether oxygens (including phenoxy) is 1. The van der Waals surface area contributed by atoms with Crippen molar-refractivity contribution in [3.8, 4) is 5.75 Å². The zero-order chi connectivity index (χ0) is 18.2. The Morgan fingerprint density at radius 3 is 2.56 bits per heavy atom. The molecule has 0 aromatic heterocycles. The average molecular weight is 344 g/mol. The third-order valence-electron chi connectivity index (χ3n) is 3.70. The molecule has 0 aliphatic carbocycles. The van der Waals surface area contributed by atoms with E-state index in [4.69, 9.17) is 4.74 Å². The lowest BCUT2D eigenvalue weighted by Gasteiger charge is -2.17. The molecule has 0 saturated heterocycles. The van der Waals surface area contributed by atoms with Crippen LogP contribution in [0.1, 0.15) is 12.0 Å². The molecule has 0 aliphatic heterocycles. The van der Waals surface area contributed by atoms with Gasteiger partial charge in [-0.15, -0.1) is 0 Å². The molecule has 0 spiro atoms. The highest BCUT2D eigenvalue weighted by atomic mass is 19.1. The lowest BCUT2D eigenvalue weighted by molar-refractivity contribution is -0.133. The maximum Gasteiger partial charge on any atom is 0.243 e. The molecule has 132 valence electrons. The number of hydrogen-bond donors (Lipinski definition) is 1. The molecule has 0 unspecified atom stereocenters. The number of halogens is 1. The second-order valence-corrected chi connectivity index (χ2v) is 5.66. The lowest BCUT2D eigenvalue weighted by Crippen LogP contribution is -2.35. The fourth-order valence-electron chi connectivity index (χ4n) is 2.30. The zero-order valence-corrected chi connectivity index (χ0v) is 14.3. The van der Waals surface area contributed by atoms with Crippen molar-refractivity contribution < 1.29 is 18.7 Å². The van der Waals surface area contributed by atoms with E-state index in [9.17, 15) is 14.0 Å². The molecule has 1 N–H and O–H groups in total. The minimum Gasteiger partial charge on any atom is -0.497 e. The van der Waals surface area contributed by atoms with Gasteiger partial charge in [0.1, 0.15) is 11.6 Å². The number of amides is 2. The van der Waals surface area contributed by atoms with Gasteiger partial charge in [-0.3, -0.25) is 9.59 Å². The Balaban J connectivity index is 1.81. The van der Waals surface area contributed by atoms with Crippen molar-refractivity contribution in [1.29, 1.82) is 0 Å². The van der Waals surface area contributed by atoms with Crippen molar-refractivity contribution in [2.24, 2.45) is 0 Å². The molecule has 0 fully saturated rings. The molecule has 0 bridgehead atoms. The molecule has 0 aliphatic rings. The molecule has 25 heavy (non-hydrogen) atoms. The first-order valence-corrected chi connectivity index (χ1v) is 7.90. The smallest absolute Gasteiger partial charge is 0.243 e. The summed E-state index contributed by atoms with van der Waals surface area (Å²) >= 11 is 0. The number of anilines is 1. The monoisotopic (exact) mass is 344 g/mol. The van der Waals surface area contributed by atoms with Crippen LogP contribution in [0.2, 0.25) is 0 Å². The SMILES string of the molecule is COc1cccc(NC(=O)CN(C)C(=O)CCc2ccc(F)cc2)c1. The number of carbonyl (C=O) groups is 2. The van der Waals surface area contributed by atoms with Crippen molar-refractivity contribution in [3.05, 3.63) is 59.9 Å². The van der Waals surface area contributed by atoms with Crippen LogP contribution in [0.3, 0.4) is 0 Å². The van der Waals surface area contributed by atoms with Gasteiger partial charge in [0.05, 0.1) is 13.7 Å². The molecule has 0 radical (unpaired) electrons. The number of hydrogen-bond acceptors (Lipinski definition) is 3. The van der Waals surface area contributed by atoms with Crippen LogP contribution in [-0.4, -0.2) is 37.4 Å². The van der Waals surface area contributed by atoms with Crippen LogP contribution in [0.25, 0.3) is 0 Å². The molecule has 2 aromatic rings. The molecule has 0 heterocycles. The van der Waals surface area contributed by atoms with Gasteiger partial charge in [0.2, 0.25) is 11.8 Å². The van der Waals surface area contributed by atoms with Crippen molar-refractivity contribution in [2.45, 2.75) is 12.8 Å². The van der Waals surface area contributed by atoms with E-state index in [1.807, 2.05) is 0 Å². The summed E-state index contributed by atoms with van der Waals surface area (Å²) in [6.07, 6.45) is 0.759. The van der Waals surface area contributed by atoms with E-state index in [1.165, 1.54) is 17.0 Å². The number of benzene rings is 2. The molecular weight excluding hydrogens is 323 g/mol. The van der Waals surface area contributed by atoms with Gasteiger partial charge in [0, 0.05) is 25.2 Å². The summed E-state index contributed by atoms with van der Waals surface area (Å²) in [4.78, 5) is 25.5. The minimum absolute atomic E-state index is 0.0422. The van der Waals surface area contributed by atoms with Crippen LogP contribution in [0.4, 0.5) is 10.1 Å². The summed E-state index contributed by atoms with van der Waals surface area (Å²) in [5.74, 6) is -0.0982. The van der Waals surface area contributed by atoms with Gasteiger partial charge in [-0.2, -0.15) is 0 Å². The third-order valence-corrected chi connectivity index (χ3v) is 3.70. The topological polar surface area (TPSA) is 58.6 Å². The maximum absolute atomic E-state index is 12.9. The highest BCUT2D eigenvalue weighted by Gasteiger charge is 2.13. The van der Waals surface area contributed by atoms with Gasteiger partial charge in [-0.05, 0) is 36.2 Å². The van der Waals surface area contributed by atoms with E-state index < -0.39 is 0 Å². The molecule has 2 rings (SSSR count). The summed E-state index contributed by atoms with van der Waals surface area (Å²) in [5.41, 5.74) is 1.49. The van der Waals surface area contributed by atoms with Crippen LogP contribution in [0.15, 0.2) is 48.5 Å². The zero-order valence-electron chi connectivity index (χ0n) is 14.3. The van der Waals surface area contributed by atoms with Crippen molar-refractivity contribution in [1.82, 2.24) is 4.90 Å². The van der Waals surface area contributed by atoms with E-state index in [0.29, 0.717) is 17.9 Å². The predicted octanol–water partition coefficient (Wildman–Crippen LogP) is 2.86. The Kier molecular flexibility index (Phi) is 6.51. The van der Waals surface area contributed by atoms with Gasteiger partial charge >= 0.3 is 0 Å². The molecule has 2 aromatic carbocycles. The number of methoxy groups -OCH3 is 1. The predicted molar refractivity (Wildman–Crippen MR) is 94.0 cm³/mol. The van der Waals surface area contributed by atoms with Crippen LogP contribution < -0.4 is 10.1 Å². The number of likely N-dealkylation sites (N-methyl/N-ethyl adjacent to an activating group) is 1. The highest BCUT2D eigenvalue weighted by molar-refractivity contribution is 5.94. The van der Waals surface area contributed by atoms with Crippen LogP contribution in [0, 0.1) is 5.82 Å². The molecule has 6 heteroatoms. The lowest BCUT2D eigenvalue weighted by atomic mass is 10.1. The second-order valence-electron chi connectivity index (χ2n) is 5.66. The molecule has 0 atom stereocenters. The van der Waals surface area contributed by atoms with Crippen molar-refractivity contribution in [3.63, 3.8) is 0 Å². The van der Waals surface area contributed by atoms with Gasteiger partial charge in [0.15, 0.2) is 0 Å². The quantitative estimate of drug-likeness (QED) is 0.840. The van der Waals surface area contributed by atoms with E-state index in [2.05, 4.69) is 5.32 Å². The largest absolute Gasteiger partial charge is 0.497 e. The maximum atomic E-state index is 12.9. The minimum atomic E-state index is -0.304. The highest BCUT2D eigenvalue weighted by Crippen LogP contribution is 2.16. The normalized spacial score (nSPS) is 10.2. The summed E-state index contributed by atoms with van der Waals surface area (Å²) < 4.78 is 18.0. The fraction of sp³-hybridized carbons (Fsp3) is 0.263. The Morgan fingerprint density at radius 2 is 1.88 bits per heavy atom. The number of nitrogens with zero attached hydrogens (tertiary/aromatic N) is 1. The Bertz CT molecular complexity index is 732. The number of aryl methyl sites for hydroxylation is 1. The van der Waals surface area contributed by atoms with E-state index in [0.717, 1.165) is 5.56 Å². The molecule has 5 nitrogen and oxygen atoms in total. The van der Waals surface area contributed by atoms with Crippen LogP contribution in [-0.2, 0) is 16.0 Å². The van der Waals surface area contributed by atoms with Crippen molar-refractivity contribution >= 4 is 17.5 Å². The Labute approximate surface area is 146 Å². The average Bonchev–Trinajstić information content (AvgIpc) is 2.61. The van der Waals surface area contributed by atoms with Gasteiger partial charge < -0.3 is 15.0 Å². The standard InChI is InChI=1S/C19H21FN2O3/c1-22(19(24)11-8-14-6-9-15(20)10-7-14)13-18(23)21-16-4-3-5-17(12-16)25-2/h3-7,9-10,12H,8,11,13H2,1-2H3,(H,21,23). The Morgan fingerprint density at radius 1 is 1.16 bits per heavy atom. The van der Waals surface area contributed by atoms with Gasteiger partial charge in [-0.1, -0.05) is 18.2 Å². The van der Waals surface area contributed by atoms with Crippen LogP contribution >= 0.6 is 0 Å². The second kappa shape index (κ2) is 8.82. The first-order valence-electron chi connectivity index (χ1n) is 7.90. The van der Waals surface area contributed by atoms with E-state index in [1.54, 1.807) is 50.6 Å². The fourth-order valence-corrected chi connectivity index (χ4v) is 2.30. The Hall–Kier alpha value is -2.89. The first kappa shape index (κ1) is 18.4. The number of carbonyl (C=O) groups excluding carboxylic acids is 2. The first-order chi connectivity index (χ1) is 12.0. The molecule has 0 saturated carbocycles. The van der Waals surface area contributed by atoms with E-state index in [-0.39, 0.29) is 30.6 Å². The van der Waals surface area contributed by atoms with Crippen LogP contribution in [0.5, 0.6) is 5.75 Å². The summed E-state index contributed by atoms with van der Waals surface area (Å²) in [6, 6.07) is 13.0. The summed E-state index contributed by atoms with van der Waals surface area (Å²) in [7, 11) is 3.13.